The summed E-state index contributed by atoms with van der Waals surface area (Å²) in [5.74, 6) is 0. The Kier molecular flexibility index (Phi) is 2.73. The van der Waals surface area contributed by atoms with Gasteiger partial charge in [-0.1, -0.05) is 30.3 Å². The van der Waals surface area contributed by atoms with E-state index in [4.69, 9.17) is 9.47 Å². The molecule has 1 saturated carbocycles. The van der Waals surface area contributed by atoms with Crippen molar-refractivity contribution < 1.29 is 14.3 Å². The van der Waals surface area contributed by atoms with Crippen LogP contribution in [0.5, 0.6) is 0 Å². The van der Waals surface area contributed by atoms with Gasteiger partial charge >= 0.3 is 6.09 Å². The maximum absolute atomic E-state index is 11.5. The second-order valence-electron chi connectivity index (χ2n) is 4.55. The lowest BCUT2D eigenvalue weighted by molar-refractivity contribution is 0.0776. The number of fused-ring (bicyclic) bond motifs is 1. The van der Waals surface area contributed by atoms with Crippen molar-refractivity contribution in [3.63, 3.8) is 0 Å². The number of hydrogen-bond acceptors (Lipinski definition) is 3. The van der Waals surface area contributed by atoms with E-state index in [1.54, 1.807) is 0 Å². The molecule has 0 radical (unpaired) electrons. The van der Waals surface area contributed by atoms with E-state index in [0.29, 0.717) is 18.8 Å². The summed E-state index contributed by atoms with van der Waals surface area (Å²) in [4.78, 5) is 11.5. The molecule has 0 bridgehead atoms. The van der Waals surface area contributed by atoms with E-state index >= 15 is 0 Å². The number of benzene rings is 1. The largest absolute Gasteiger partial charge is 0.446 e. The number of amides is 1. The first-order valence-corrected chi connectivity index (χ1v) is 5.95. The van der Waals surface area contributed by atoms with E-state index in [2.05, 4.69) is 5.32 Å². The molecule has 1 aliphatic heterocycles. The number of ether oxygens (including phenoxy) is 2. The first kappa shape index (κ1) is 10.6. The molecule has 2 fully saturated rings. The second-order valence-corrected chi connectivity index (χ2v) is 4.55. The monoisotopic (exact) mass is 233 g/mol. The number of hydrogen-bond donors (Lipinski definition) is 1. The summed E-state index contributed by atoms with van der Waals surface area (Å²) in [5.41, 5.74) is 1.07. The molecule has 4 heteroatoms. The molecule has 1 aromatic rings. The van der Waals surface area contributed by atoms with Gasteiger partial charge in [0.15, 0.2) is 0 Å². The van der Waals surface area contributed by atoms with E-state index in [1.165, 1.54) is 0 Å². The zero-order chi connectivity index (χ0) is 11.7. The quantitative estimate of drug-likeness (QED) is 0.810. The summed E-state index contributed by atoms with van der Waals surface area (Å²) >= 11 is 0. The molecule has 3 rings (SSSR count). The van der Waals surface area contributed by atoms with E-state index in [9.17, 15) is 4.79 Å². The number of rotatable bonds is 3. The summed E-state index contributed by atoms with van der Waals surface area (Å²) in [6.45, 7) is 0.510. The highest BCUT2D eigenvalue weighted by Crippen LogP contribution is 2.39. The summed E-state index contributed by atoms with van der Waals surface area (Å²) in [7, 11) is 0. The normalized spacial score (nSPS) is 29.5. The Bertz CT molecular complexity index is 396. The predicted octanol–water partition coefficient (Wildman–Crippen LogP) is 1.84. The van der Waals surface area contributed by atoms with E-state index in [1.807, 2.05) is 30.3 Å². The lowest BCUT2D eigenvalue weighted by atomic mass is 10.2. The lowest BCUT2D eigenvalue weighted by Gasteiger charge is -2.13. The van der Waals surface area contributed by atoms with E-state index < -0.39 is 0 Å². The number of carbonyl (C=O) groups excluding carboxylic acids is 1. The average Bonchev–Trinajstić information content (AvgIpc) is 2.96. The van der Waals surface area contributed by atoms with Crippen LogP contribution >= 0.6 is 0 Å². The van der Waals surface area contributed by atoms with Crippen molar-refractivity contribution in [3.8, 4) is 0 Å². The van der Waals surface area contributed by atoms with Crippen LogP contribution in [0, 0.1) is 0 Å². The topological polar surface area (TPSA) is 50.9 Å². The fourth-order valence-electron chi connectivity index (χ4n) is 2.27. The highest BCUT2D eigenvalue weighted by molar-refractivity contribution is 5.67. The second kappa shape index (κ2) is 4.37. The Morgan fingerprint density at radius 2 is 2.00 bits per heavy atom. The minimum Gasteiger partial charge on any atom is -0.446 e. The van der Waals surface area contributed by atoms with Gasteiger partial charge in [0.1, 0.15) is 6.10 Å². The van der Waals surface area contributed by atoms with Gasteiger partial charge in [-0.3, -0.25) is 0 Å². The number of nitrogens with one attached hydrogen (secondary N) is 1. The highest BCUT2D eigenvalue weighted by Gasteiger charge is 2.49. The summed E-state index contributed by atoms with van der Waals surface area (Å²) < 4.78 is 10.6. The van der Waals surface area contributed by atoms with Crippen LogP contribution in [0.1, 0.15) is 18.4 Å². The highest BCUT2D eigenvalue weighted by atomic mass is 16.6. The van der Waals surface area contributed by atoms with Crippen molar-refractivity contribution in [3.05, 3.63) is 35.9 Å². The molecule has 2 atom stereocenters. The smallest absolute Gasteiger partial charge is 0.407 e. The van der Waals surface area contributed by atoms with Crippen molar-refractivity contribution >= 4 is 6.09 Å². The van der Waals surface area contributed by atoms with Gasteiger partial charge in [0.05, 0.1) is 12.2 Å². The molecule has 2 unspecified atom stereocenters. The molecule has 1 N–H and O–H groups in total. The van der Waals surface area contributed by atoms with Crippen LogP contribution in [0.15, 0.2) is 30.3 Å². The Balaban J connectivity index is 1.41. The van der Waals surface area contributed by atoms with Crippen molar-refractivity contribution in [1.29, 1.82) is 0 Å². The molecular weight excluding hydrogens is 218 g/mol. The summed E-state index contributed by atoms with van der Waals surface area (Å²) in [6, 6.07) is 9.79. The maximum atomic E-state index is 11.5. The lowest BCUT2D eigenvalue weighted by Crippen LogP contribution is -2.28. The van der Waals surface area contributed by atoms with Gasteiger partial charge in [-0.25, -0.2) is 4.79 Å². The fraction of sp³-hybridized carbons (Fsp3) is 0.462. The maximum Gasteiger partial charge on any atom is 0.407 e. The third kappa shape index (κ3) is 2.58. The SMILES string of the molecule is O=C(NCc1ccccc1)OC1CC2OC2C1. The van der Waals surface area contributed by atoms with Gasteiger partial charge in [0.25, 0.3) is 0 Å². The Hall–Kier alpha value is -1.55. The minimum absolute atomic E-state index is 0.0366. The van der Waals surface area contributed by atoms with Crippen LogP contribution in [0.4, 0.5) is 4.79 Å². The molecule has 0 aromatic heterocycles. The van der Waals surface area contributed by atoms with Crippen LogP contribution in [0.25, 0.3) is 0 Å². The average molecular weight is 233 g/mol. The molecule has 2 aliphatic rings. The van der Waals surface area contributed by atoms with Gasteiger partial charge in [-0.15, -0.1) is 0 Å². The molecule has 1 aliphatic carbocycles. The van der Waals surface area contributed by atoms with Crippen molar-refractivity contribution in [2.24, 2.45) is 0 Å². The van der Waals surface area contributed by atoms with Gasteiger partial charge in [-0.2, -0.15) is 0 Å². The van der Waals surface area contributed by atoms with Crippen LogP contribution in [-0.4, -0.2) is 24.4 Å². The van der Waals surface area contributed by atoms with Crippen LogP contribution in [0.3, 0.4) is 0 Å². The van der Waals surface area contributed by atoms with Crippen molar-refractivity contribution in [2.75, 3.05) is 0 Å². The molecule has 0 spiro atoms. The molecule has 1 aromatic carbocycles. The molecule has 4 nitrogen and oxygen atoms in total. The standard InChI is InChI=1S/C13H15NO3/c15-13(14-8-9-4-2-1-3-5-9)16-10-6-11-12(7-10)17-11/h1-5,10-12H,6-8H2,(H,14,15). The van der Waals surface area contributed by atoms with Gasteiger partial charge in [0.2, 0.25) is 0 Å². The molecule has 17 heavy (non-hydrogen) atoms. The zero-order valence-electron chi connectivity index (χ0n) is 9.46. The summed E-state index contributed by atoms with van der Waals surface area (Å²) in [6.07, 6.45) is 2.10. The van der Waals surface area contributed by atoms with E-state index in [-0.39, 0.29) is 12.2 Å². The first-order chi connectivity index (χ1) is 8.31. The third-order valence-electron chi connectivity index (χ3n) is 3.23. The minimum atomic E-state index is -0.333. The fourth-order valence-corrected chi connectivity index (χ4v) is 2.27. The predicted molar refractivity (Wildman–Crippen MR) is 61.4 cm³/mol. The first-order valence-electron chi connectivity index (χ1n) is 5.95. The van der Waals surface area contributed by atoms with Gasteiger partial charge < -0.3 is 14.8 Å². The molecular formula is C13H15NO3. The number of alkyl carbamates (subject to hydrolysis) is 1. The van der Waals surface area contributed by atoms with Crippen molar-refractivity contribution in [2.45, 2.75) is 37.7 Å². The van der Waals surface area contributed by atoms with Crippen LogP contribution < -0.4 is 5.32 Å². The van der Waals surface area contributed by atoms with Gasteiger partial charge in [0, 0.05) is 19.4 Å². The molecule has 1 heterocycles. The Labute approximate surface area is 99.9 Å². The Morgan fingerprint density at radius 3 is 2.71 bits per heavy atom. The third-order valence-corrected chi connectivity index (χ3v) is 3.23. The zero-order valence-corrected chi connectivity index (χ0v) is 9.46. The van der Waals surface area contributed by atoms with Crippen LogP contribution in [-0.2, 0) is 16.0 Å². The molecule has 1 amide bonds. The van der Waals surface area contributed by atoms with Crippen LogP contribution in [0.2, 0.25) is 0 Å². The number of epoxide rings is 1. The number of carbonyl (C=O) groups is 1. The Morgan fingerprint density at radius 1 is 1.29 bits per heavy atom. The van der Waals surface area contributed by atoms with Gasteiger partial charge in [-0.05, 0) is 5.56 Å². The summed E-state index contributed by atoms with van der Waals surface area (Å²) in [5, 5.41) is 2.75. The van der Waals surface area contributed by atoms with E-state index in [0.717, 1.165) is 18.4 Å². The molecule has 1 saturated heterocycles. The van der Waals surface area contributed by atoms with Crippen molar-refractivity contribution in [1.82, 2.24) is 5.32 Å². The molecule has 90 valence electrons.